The Morgan fingerprint density at radius 1 is 1.16 bits per heavy atom. The lowest BCUT2D eigenvalue weighted by molar-refractivity contribution is -0.134. The molecule has 1 aliphatic rings. The third kappa shape index (κ3) is 6.13. The van der Waals surface area contributed by atoms with Crippen molar-refractivity contribution in [1.82, 2.24) is 4.90 Å². The number of nitrogens with zero attached hydrogens (tertiary/aromatic N) is 1. The van der Waals surface area contributed by atoms with Crippen LogP contribution in [0.2, 0.25) is 0 Å². The van der Waals surface area contributed by atoms with Gasteiger partial charge >= 0.3 is 11.9 Å². The van der Waals surface area contributed by atoms with E-state index in [1.54, 1.807) is 6.07 Å². The highest BCUT2D eigenvalue weighted by atomic mass is 32.1. The average Bonchev–Trinajstić information content (AvgIpc) is 3.03. The molecule has 1 aliphatic heterocycles. The molecule has 3 rings (SSSR count). The van der Waals surface area contributed by atoms with E-state index in [9.17, 15) is 14.0 Å². The summed E-state index contributed by atoms with van der Waals surface area (Å²) in [4.78, 5) is 22.9. The van der Waals surface area contributed by atoms with E-state index in [0.29, 0.717) is 18.7 Å². The van der Waals surface area contributed by atoms with E-state index in [0.717, 1.165) is 25.1 Å². The minimum absolute atomic E-state index is 0.0939. The molecule has 0 atom stereocenters. The van der Waals surface area contributed by atoms with Gasteiger partial charge in [0, 0.05) is 42.2 Å². The van der Waals surface area contributed by atoms with Gasteiger partial charge in [0.25, 0.3) is 0 Å². The quantitative estimate of drug-likeness (QED) is 0.816. The van der Waals surface area contributed by atoms with Gasteiger partial charge in [-0.05, 0) is 29.5 Å². The van der Waals surface area contributed by atoms with Crippen molar-refractivity contribution in [3.63, 3.8) is 0 Å². The maximum absolute atomic E-state index is 13.6. The van der Waals surface area contributed by atoms with E-state index in [4.69, 9.17) is 10.2 Å². The topological polar surface area (TPSA) is 77.8 Å². The third-order valence-corrected chi connectivity index (χ3v) is 4.63. The molecule has 2 N–H and O–H groups in total. The van der Waals surface area contributed by atoms with Crippen molar-refractivity contribution in [2.45, 2.75) is 19.5 Å². The number of hydrogen-bond acceptors (Lipinski definition) is 4. The van der Waals surface area contributed by atoms with Crippen LogP contribution >= 0.6 is 11.3 Å². The Hall–Kier alpha value is -2.51. The predicted octanol–water partition coefficient (Wildman–Crippen LogP) is 3.16. The standard InChI is InChI=1S/C14H14FNS.C4H4O4/c15-13-4-2-1-3-11(13)9-16-7-5-14-12(10-16)6-8-17-14;5-3(6)1-2-4(7)8/h1-4,6,8H,5,7,9-10H2;1-2H,(H,5,6)(H,7,8)/b;2-1+. The molecule has 25 heavy (non-hydrogen) atoms. The molecule has 0 unspecified atom stereocenters. The molecule has 132 valence electrons. The maximum Gasteiger partial charge on any atom is 0.328 e. The summed E-state index contributed by atoms with van der Waals surface area (Å²) in [5.74, 6) is -2.61. The van der Waals surface area contributed by atoms with Gasteiger partial charge in [-0.1, -0.05) is 18.2 Å². The molecule has 7 heteroatoms. The van der Waals surface area contributed by atoms with Crippen LogP contribution in [0.15, 0.2) is 47.9 Å². The van der Waals surface area contributed by atoms with Crippen molar-refractivity contribution in [3.05, 3.63) is 69.7 Å². The number of fused-ring (bicyclic) bond motifs is 1. The summed E-state index contributed by atoms with van der Waals surface area (Å²) < 4.78 is 13.6. The minimum atomic E-state index is -1.26. The summed E-state index contributed by atoms with van der Waals surface area (Å²) in [6, 6.07) is 9.24. The second-order valence-electron chi connectivity index (χ2n) is 5.43. The fraction of sp³-hybridized carbons (Fsp3) is 0.222. The maximum atomic E-state index is 13.6. The first kappa shape index (κ1) is 18.8. The Morgan fingerprint density at radius 2 is 1.84 bits per heavy atom. The van der Waals surface area contributed by atoms with Crippen molar-refractivity contribution in [1.29, 1.82) is 0 Å². The zero-order valence-electron chi connectivity index (χ0n) is 13.4. The molecule has 0 saturated carbocycles. The molecule has 0 bridgehead atoms. The first-order valence-electron chi connectivity index (χ1n) is 7.60. The lowest BCUT2D eigenvalue weighted by Crippen LogP contribution is -2.29. The Bertz CT molecular complexity index is 756. The number of rotatable bonds is 4. The second kappa shape index (κ2) is 9.10. The number of carboxylic acid groups (broad SMARTS) is 2. The second-order valence-corrected chi connectivity index (χ2v) is 6.43. The van der Waals surface area contributed by atoms with Crippen LogP contribution < -0.4 is 0 Å². The molecule has 1 aromatic heterocycles. The van der Waals surface area contributed by atoms with Gasteiger partial charge in [0.05, 0.1) is 0 Å². The summed E-state index contributed by atoms with van der Waals surface area (Å²) >= 11 is 1.84. The van der Waals surface area contributed by atoms with Gasteiger partial charge in [0.1, 0.15) is 5.82 Å². The summed E-state index contributed by atoms with van der Waals surface area (Å²) in [5, 5.41) is 17.8. The van der Waals surface area contributed by atoms with Crippen LogP contribution in [-0.4, -0.2) is 33.6 Å². The Kier molecular flexibility index (Phi) is 6.85. The number of hydrogen-bond donors (Lipinski definition) is 2. The molecule has 2 heterocycles. The lowest BCUT2D eigenvalue weighted by Gasteiger charge is -2.26. The summed E-state index contributed by atoms with van der Waals surface area (Å²) in [5.41, 5.74) is 2.21. The fourth-order valence-corrected chi connectivity index (χ4v) is 3.34. The number of benzene rings is 1. The number of thiophene rings is 1. The fourth-order valence-electron chi connectivity index (χ4n) is 2.45. The SMILES string of the molecule is Fc1ccccc1CN1CCc2sccc2C1.O=C(O)/C=C/C(=O)O. The Balaban J connectivity index is 0.000000242. The van der Waals surface area contributed by atoms with Crippen molar-refractivity contribution in [2.24, 2.45) is 0 Å². The largest absolute Gasteiger partial charge is 0.478 e. The van der Waals surface area contributed by atoms with Gasteiger partial charge in [0.15, 0.2) is 0 Å². The predicted molar refractivity (Wildman–Crippen MR) is 92.9 cm³/mol. The molecule has 0 aliphatic carbocycles. The van der Waals surface area contributed by atoms with Crippen molar-refractivity contribution in [2.75, 3.05) is 6.54 Å². The molecular weight excluding hydrogens is 345 g/mol. The molecule has 0 saturated heterocycles. The van der Waals surface area contributed by atoms with Crippen molar-refractivity contribution in [3.8, 4) is 0 Å². The number of halogens is 1. The number of aliphatic carboxylic acids is 2. The highest BCUT2D eigenvalue weighted by molar-refractivity contribution is 7.10. The molecule has 5 nitrogen and oxygen atoms in total. The highest BCUT2D eigenvalue weighted by Crippen LogP contribution is 2.25. The van der Waals surface area contributed by atoms with Crippen LogP contribution in [0.3, 0.4) is 0 Å². The smallest absolute Gasteiger partial charge is 0.328 e. The molecule has 1 aromatic carbocycles. The zero-order valence-corrected chi connectivity index (χ0v) is 14.2. The summed E-state index contributed by atoms with van der Waals surface area (Å²) in [6.45, 7) is 2.69. The van der Waals surface area contributed by atoms with E-state index in [2.05, 4.69) is 16.3 Å². The molecular formula is C18H18FNO4S. The van der Waals surface area contributed by atoms with Crippen molar-refractivity contribution >= 4 is 23.3 Å². The van der Waals surface area contributed by atoms with Crippen LogP contribution in [-0.2, 0) is 29.1 Å². The normalized spacial score (nSPS) is 13.8. The van der Waals surface area contributed by atoms with Crippen molar-refractivity contribution < 1.29 is 24.2 Å². The summed E-state index contributed by atoms with van der Waals surface area (Å²) in [6.07, 6.45) is 2.21. The highest BCUT2D eigenvalue weighted by Gasteiger charge is 2.17. The Labute approximate surface area is 148 Å². The van der Waals surface area contributed by atoms with Crippen LogP contribution in [0.1, 0.15) is 16.0 Å². The van der Waals surface area contributed by atoms with Gasteiger partial charge in [-0.15, -0.1) is 11.3 Å². The van der Waals surface area contributed by atoms with Gasteiger partial charge in [-0.3, -0.25) is 4.90 Å². The van der Waals surface area contributed by atoms with Crippen LogP contribution in [0, 0.1) is 5.82 Å². The van der Waals surface area contributed by atoms with Crippen LogP contribution in [0.4, 0.5) is 4.39 Å². The van der Waals surface area contributed by atoms with E-state index in [1.165, 1.54) is 16.5 Å². The van der Waals surface area contributed by atoms with Gasteiger partial charge in [-0.25, -0.2) is 14.0 Å². The first-order chi connectivity index (χ1) is 12.0. The summed E-state index contributed by atoms with van der Waals surface area (Å²) in [7, 11) is 0. The van der Waals surface area contributed by atoms with Gasteiger partial charge in [-0.2, -0.15) is 0 Å². The average molecular weight is 363 g/mol. The molecule has 2 aromatic rings. The molecule has 0 radical (unpaired) electrons. The number of carbonyl (C=O) groups is 2. The molecule has 0 spiro atoms. The van der Waals surface area contributed by atoms with Gasteiger partial charge in [0.2, 0.25) is 0 Å². The van der Waals surface area contributed by atoms with E-state index in [-0.39, 0.29) is 5.82 Å². The number of carboxylic acids is 2. The van der Waals surface area contributed by atoms with Crippen LogP contribution in [0.5, 0.6) is 0 Å². The molecule has 0 fully saturated rings. The Morgan fingerprint density at radius 3 is 2.48 bits per heavy atom. The zero-order chi connectivity index (χ0) is 18.2. The minimum Gasteiger partial charge on any atom is -0.478 e. The third-order valence-electron chi connectivity index (χ3n) is 3.61. The monoisotopic (exact) mass is 363 g/mol. The van der Waals surface area contributed by atoms with Gasteiger partial charge < -0.3 is 10.2 Å². The van der Waals surface area contributed by atoms with Crippen LogP contribution in [0.25, 0.3) is 0 Å². The van der Waals surface area contributed by atoms with E-state index < -0.39 is 11.9 Å². The van der Waals surface area contributed by atoms with E-state index in [1.807, 2.05) is 23.5 Å². The molecule has 0 amide bonds. The van der Waals surface area contributed by atoms with E-state index >= 15 is 0 Å². The lowest BCUT2D eigenvalue weighted by atomic mass is 10.1. The first-order valence-corrected chi connectivity index (χ1v) is 8.48.